The third-order valence-corrected chi connectivity index (χ3v) is 8.15. The third kappa shape index (κ3) is 4.72. The Morgan fingerprint density at radius 2 is 1.95 bits per heavy atom. The molecule has 6 rings (SSSR count). The number of fused-ring (bicyclic) bond motifs is 2. The number of halogens is 2. The maximum atomic E-state index is 16.7. The van der Waals surface area contributed by atoms with E-state index in [4.69, 9.17) is 16.1 Å². The first kappa shape index (κ1) is 26.9. The van der Waals surface area contributed by atoms with E-state index in [0.29, 0.717) is 40.8 Å². The van der Waals surface area contributed by atoms with Crippen molar-refractivity contribution in [3.63, 3.8) is 0 Å². The van der Waals surface area contributed by atoms with Crippen LogP contribution in [0.4, 0.5) is 14.6 Å². The molecule has 0 aliphatic carbocycles. The molecule has 1 N–H and O–H groups in total. The molecule has 7 nitrogen and oxygen atoms in total. The summed E-state index contributed by atoms with van der Waals surface area (Å²) in [7, 11) is 2.07. The predicted molar refractivity (Wildman–Crippen MR) is 156 cm³/mol. The molecule has 0 spiro atoms. The van der Waals surface area contributed by atoms with Gasteiger partial charge in [-0.25, -0.2) is 13.8 Å². The van der Waals surface area contributed by atoms with Gasteiger partial charge < -0.3 is 14.7 Å². The molecule has 0 radical (unpaired) electrons. The Morgan fingerprint density at radius 1 is 1.12 bits per heavy atom. The van der Waals surface area contributed by atoms with Crippen LogP contribution < -0.4 is 9.64 Å². The lowest BCUT2D eigenvalue weighted by Crippen LogP contribution is -2.38. The summed E-state index contributed by atoms with van der Waals surface area (Å²) in [5.74, 6) is 1.47. The lowest BCUT2D eigenvalue weighted by molar-refractivity contribution is 0.112. The van der Waals surface area contributed by atoms with Gasteiger partial charge in [-0.3, -0.25) is 4.90 Å². The summed E-state index contributed by atoms with van der Waals surface area (Å²) in [6, 6.07) is 5.83. The Hall–Kier alpha value is -4.29. The van der Waals surface area contributed by atoms with E-state index < -0.39 is 11.6 Å². The summed E-state index contributed by atoms with van der Waals surface area (Å²) in [6.45, 7) is 6.05. The second kappa shape index (κ2) is 10.6. The van der Waals surface area contributed by atoms with Crippen molar-refractivity contribution in [1.82, 2.24) is 19.9 Å². The SMILES string of the molecule is C#Cc1c(F)ccc2cc(O)cc(-c3nc(C)c4c(N5CC=CCC5)nc(OC(C)C5CCCN5C)nc4c3F)c12. The Morgan fingerprint density at radius 3 is 2.66 bits per heavy atom. The summed E-state index contributed by atoms with van der Waals surface area (Å²) in [5.41, 5.74) is 0.601. The average molecular weight is 556 g/mol. The monoisotopic (exact) mass is 555 g/mol. The molecule has 2 atom stereocenters. The maximum absolute atomic E-state index is 16.7. The molecule has 2 aliphatic rings. The minimum atomic E-state index is -0.726. The highest BCUT2D eigenvalue weighted by Gasteiger charge is 2.30. The van der Waals surface area contributed by atoms with Gasteiger partial charge in [0.05, 0.1) is 16.6 Å². The van der Waals surface area contributed by atoms with E-state index in [1.165, 1.54) is 24.3 Å². The number of hydrogen-bond donors (Lipinski definition) is 1. The van der Waals surface area contributed by atoms with Gasteiger partial charge in [0, 0.05) is 30.1 Å². The van der Waals surface area contributed by atoms with Crippen LogP contribution in [0.15, 0.2) is 36.4 Å². The second-order valence-corrected chi connectivity index (χ2v) is 10.8. The first-order chi connectivity index (χ1) is 19.8. The fourth-order valence-electron chi connectivity index (χ4n) is 6.13. The molecule has 0 amide bonds. The minimum absolute atomic E-state index is 0.0292. The van der Waals surface area contributed by atoms with Crippen LogP contribution in [0, 0.1) is 30.9 Å². The van der Waals surface area contributed by atoms with Gasteiger partial charge in [0.1, 0.15) is 34.7 Å². The zero-order valence-corrected chi connectivity index (χ0v) is 23.3. The molecule has 9 heteroatoms. The molecule has 1 fully saturated rings. The fourth-order valence-corrected chi connectivity index (χ4v) is 6.13. The normalized spacial score (nSPS) is 18.2. The molecular weight excluding hydrogens is 524 g/mol. The standard InChI is InChI=1S/C32H31F2N5O2/c1-5-22-24(33)12-11-20-16-21(40)17-23(27(20)22)29-28(34)30-26(18(2)35-29)31(39-14-7-6-8-15-39)37-32(36-30)41-19(3)25-10-9-13-38(25)4/h1,6-7,11-12,16-17,19,25,40H,8-10,13-15H2,2-4H3. The van der Waals surface area contributed by atoms with Crippen molar-refractivity contribution in [3.8, 4) is 35.4 Å². The van der Waals surface area contributed by atoms with Crippen molar-refractivity contribution in [2.24, 2.45) is 0 Å². The molecule has 4 heterocycles. The number of nitrogens with zero attached hydrogens (tertiary/aromatic N) is 5. The number of likely N-dealkylation sites (tertiary alicyclic amines) is 1. The lowest BCUT2D eigenvalue weighted by Gasteiger charge is -2.28. The Kier molecular flexibility index (Phi) is 6.96. The summed E-state index contributed by atoms with van der Waals surface area (Å²) in [4.78, 5) is 18.3. The van der Waals surface area contributed by atoms with Crippen LogP contribution in [-0.2, 0) is 0 Å². The average Bonchev–Trinajstić information content (AvgIpc) is 3.40. The molecule has 0 bridgehead atoms. The zero-order valence-electron chi connectivity index (χ0n) is 23.3. The molecule has 2 aliphatic heterocycles. The topological polar surface area (TPSA) is 74.6 Å². The molecule has 2 unspecified atom stereocenters. The van der Waals surface area contributed by atoms with Crippen molar-refractivity contribution in [2.45, 2.75) is 45.3 Å². The largest absolute Gasteiger partial charge is 0.508 e. The first-order valence-electron chi connectivity index (χ1n) is 13.8. The third-order valence-electron chi connectivity index (χ3n) is 8.15. The molecule has 1 saturated heterocycles. The van der Waals surface area contributed by atoms with Crippen LogP contribution in [0.5, 0.6) is 11.8 Å². The van der Waals surface area contributed by atoms with E-state index in [0.717, 1.165) is 25.8 Å². The van der Waals surface area contributed by atoms with Gasteiger partial charge in [-0.15, -0.1) is 6.42 Å². The summed E-state index contributed by atoms with van der Waals surface area (Å²) in [6.07, 6.45) is 12.5. The van der Waals surface area contributed by atoms with Crippen LogP contribution in [-0.4, -0.2) is 63.8 Å². The molecule has 2 aromatic heterocycles. The molecule has 41 heavy (non-hydrogen) atoms. The van der Waals surface area contributed by atoms with E-state index >= 15 is 4.39 Å². The highest BCUT2D eigenvalue weighted by Crippen LogP contribution is 2.40. The molecule has 2 aromatic carbocycles. The second-order valence-electron chi connectivity index (χ2n) is 10.8. The van der Waals surface area contributed by atoms with E-state index in [-0.39, 0.29) is 46.2 Å². The number of hydrogen-bond acceptors (Lipinski definition) is 7. The highest BCUT2D eigenvalue weighted by molar-refractivity contribution is 6.03. The van der Waals surface area contributed by atoms with Crippen LogP contribution >= 0.6 is 0 Å². The molecular formula is C32H31F2N5O2. The molecule has 0 saturated carbocycles. The summed E-state index contributed by atoms with van der Waals surface area (Å²) in [5, 5.41) is 11.7. The van der Waals surface area contributed by atoms with Crippen molar-refractivity contribution >= 4 is 27.5 Å². The number of aromatic nitrogens is 3. The number of likely N-dealkylation sites (N-methyl/N-ethyl adjacent to an activating group) is 1. The van der Waals surface area contributed by atoms with Crippen molar-refractivity contribution in [2.75, 3.05) is 31.6 Å². The number of pyridine rings is 1. The van der Waals surface area contributed by atoms with Gasteiger partial charge in [0.25, 0.3) is 0 Å². The number of phenolic OH excluding ortho intramolecular Hbond substituents is 1. The van der Waals surface area contributed by atoms with E-state index in [9.17, 15) is 9.50 Å². The Bertz CT molecular complexity index is 1750. The van der Waals surface area contributed by atoms with Gasteiger partial charge in [0.2, 0.25) is 0 Å². The van der Waals surface area contributed by atoms with Crippen molar-refractivity contribution in [3.05, 3.63) is 59.3 Å². The van der Waals surface area contributed by atoms with Gasteiger partial charge >= 0.3 is 6.01 Å². The van der Waals surface area contributed by atoms with Gasteiger partial charge in [0.15, 0.2) is 5.82 Å². The number of anilines is 1. The number of aryl methyl sites for hydroxylation is 1. The minimum Gasteiger partial charge on any atom is -0.508 e. The van der Waals surface area contributed by atoms with Crippen LogP contribution in [0.2, 0.25) is 0 Å². The Labute approximate surface area is 237 Å². The van der Waals surface area contributed by atoms with Gasteiger partial charge in [-0.2, -0.15) is 9.97 Å². The van der Waals surface area contributed by atoms with E-state index in [2.05, 4.69) is 44.9 Å². The van der Waals surface area contributed by atoms with Crippen molar-refractivity contribution in [1.29, 1.82) is 0 Å². The van der Waals surface area contributed by atoms with E-state index in [1.54, 1.807) is 6.92 Å². The molecule has 210 valence electrons. The molecule has 4 aromatic rings. The zero-order chi connectivity index (χ0) is 28.8. The number of aromatic hydroxyl groups is 1. The number of rotatable bonds is 5. The smallest absolute Gasteiger partial charge is 0.319 e. The quantitative estimate of drug-likeness (QED) is 0.248. The number of benzene rings is 2. The summed E-state index contributed by atoms with van der Waals surface area (Å²) >= 11 is 0. The van der Waals surface area contributed by atoms with Gasteiger partial charge in [-0.05, 0) is 70.3 Å². The maximum Gasteiger partial charge on any atom is 0.319 e. The summed E-state index contributed by atoms with van der Waals surface area (Å²) < 4.78 is 37.7. The van der Waals surface area contributed by atoms with Gasteiger partial charge in [-0.1, -0.05) is 24.1 Å². The predicted octanol–water partition coefficient (Wildman–Crippen LogP) is 5.75. The number of phenols is 1. The lowest BCUT2D eigenvalue weighted by atomic mass is 9.95. The Balaban J connectivity index is 1.59. The van der Waals surface area contributed by atoms with E-state index in [1.807, 2.05) is 6.92 Å². The van der Waals surface area contributed by atoms with Crippen molar-refractivity contribution < 1.29 is 18.6 Å². The first-order valence-corrected chi connectivity index (χ1v) is 13.8. The number of terminal acetylenes is 1. The fraction of sp³-hybridized carbons (Fsp3) is 0.344. The van der Waals surface area contributed by atoms with Crippen LogP contribution in [0.1, 0.15) is 37.4 Å². The van der Waals surface area contributed by atoms with Crippen LogP contribution in [0.3, 0.4) is 0 Å². The highest BCUT2D eigenvalue weighted by atomic mass is 19.1. The number of ether oxygens (including phenoxy) is 1. The van der Waals surface area contributed by atoms with Crippen LogP contribution in [0.25, 0.3) is 32.9 Å².